The summed E-state index contributed by atoms with van der Waals surface area (Å²) < 4.78 is 13.0. The van der Waals surface area contributed by atoms with Crippen LogP contribution < -0.4 is 11.1 Å². The fraction of sp³-hybridized carbons (Fsp3) is 0.333. The minimum absolute atomic E-state index is 0. The van der Waals surface area contributed by atoms with Crippen molar-refractivity contribution in [3.63, 3.8) is 0 Å². The van der Waals surface area contributed by atoms with Crippen LogP contribution in [0.25, 0.3) is 0 Å². The number of likely N-dealkylation sites (tertiary alicyclic amines) is 1. The quantitative estimate of drug-likeness (QED) is 0.817. The van der Waals surface area contributed by atoms with E-state index in [2.05, 4.69) is 19.2 Å². The summed E-state index contributed by atoms with van der Waals surface area (Å²) in [7, 11) is 0. The van der Waals surface area contributed by atoms with E-state index in [4.69, 9.17) is 5.73 Å². The lowest BCUT2D eigenvalue weighted by Gasteiger charge is -2.42. The Hall–Kier alpha value is -2.44. The van der Waals surface area contributed by atoms with E-state index in [1.807, 2.05) is 4.90 Å². The molecule has 2 aromatic rings. The molecular formula is C21H25ClFN3O2. The SMILES string of the molecule is CC1(C)CN(C(=O)c2cccc(NC(=O)c3ccc(F)cc3)c2)CCC1N.Cl. The van der Waals surface area contributed by atoms with Gasteiger partial charge in [-0.3, -0.25) is 9.59 Å². The van der Waals surface area contributed by atoms with Gasteiger partial charge in [-0.05, 0) is 54.3 Å². The molecule has 1 aliphatic heterocycles. The number of piperidine rings is 1. The van der Waals surface area contributed by atoms with Gasteiger partial charge in [0.15, 0.2) is 0 Å². The van der Waals surface area contributed by atoms with Crippen LogP contribution >= 0.6 is 12.4 Å². The van der Waals surface area contributed by atoms with E-state index in [0.29, 0.717) is 29.9 Å². The molecule has 1 atom stereocenters. The first-order valence-corrected chi connectivity index (χ1v) is 8.98. The van der Waals surface area contributed by atoms with E-state index < -0.39 is 5.82 Å². The average Bonchev–Trinajstić information content (AvgIpc) is 2.64. The number of benzene rings is 2. The van der Waals surface area contributed by atoms with Gasteiger partial charge in [-0.2, -0.15) is 0 Å². The van der Waals surface area contributed by atoms with Gasteiger partial charge in [0.25, 0.3) is 11.8 Å². The number of carbonyl (C=O) groups excluding carboxylic acids is 2. The van der Waals surface area contributed by atoms with Crippen molar-refractivity contribution in [1.29, 1.82) is 0 Å². The molecule has 1 heterocycles. The third-order valence-corrected chi connectivity index (χ3v) is 5.07. The largest absolute Gasteiger partial charge is 0.338 e. The average molecular weight is 406 g/mol. The van der Waals surface area contributed by atoms with Crippen molar-refractivity contribution in [3.8, 4) is 0 Å². The molecule has 0 radical (unpaired) electrons. The van der Waals surface area contributed by atoms with Gasteiger partial charge in [-0.15, -0.1) is 12.4 Å². The lowest BCUT2D eigenvalue weighted by Crippen LogP contribution is -2.54. The van der Waals surface area contributed by atoms with Gasteiger partial charge in [-0.25, -0.2) is 4.39 Å². The molecule has 3 rings (SSSR count). The Morgan fingerprint density at radius 1 is 1.14 bits per heavy atom. The second kappa shape index (κ2) is 8.71. The molecule has 5 nitrogen and oxygen atoms in total. The lowest BCUT2D eigenvalue weighted by atomic mass is 9.79. The molecule has 3 N–H and O–H groups in total. The van der Waals surface area contributed by atoms with Crippen LogP contribution in [0, 0.1) is 11.2 Å². The highest BCUT2D eigenvalue weighted by molar-refractivity contribution is 6.05. The topological polar surface area (TPSA) is 75.4 Å². The molecule has 0 bridgehead atoms. The second-order valence-corrected chi connectivity index (χ2v) is 7.65. The molecule has 7 heteroatoms. The van der Waals surface area contributed by atoms with Gasteiger partial charge in [0.05, 0.1) is 0 Å². The first-order chi connectivity index (χ1) is 12.8. The smallest absolute Gasteiger partial charge is 0.255 e. The van der Waals surface area contributed by atoms with Gasteiger partial charge < -0.3 is 16.0 Å². The predicted molar refractivity (Wildman–Crippen MR) is 110 cm³/mol. The van der Waals surface area contributed by atoms with Crippen molar-refractivity contribution >= 4 is 29.9 Å². The zero-order valence-electron chi connectivity index (χ0n) is 15.9. The Morgan fingerprint density at radius 2 is 1.82 bits per heavy atom. The van der Waals surface area contributed by atoms with E-state index in [9.17, 15) is 14.0 Å². The molecule has 28 heavy (non-hydrogen) atoms. The molecule has 0 saturated carbocycles. The molecule has 2 aromatic carbocycles. The normalized spacial score (nSPS) is 18.1. The Kier molecular flexibility index (Phi) is 6.80. The van der Waals surface area contributed by atoms with Crippen molar-refractivity contribution in [2.75, 3.05) is 18.4 Å². The zero-order valence-corrected chi connectivity index (χ0v) is 16.8. The number of halogens is 2. The highest BCUT2D eigenvalue weighted by Crippen LogP contribution is 2.28. The minimum atomic E-state index is -0.400. The number of hydrogen-bond donors (Lipinski definition) is 2. The highest BCUT2D eigenvalue weighted by atomic mass is 35.5. The number of nitrogens with two attached hydrogens (primary N) is 1. The van der Waals surface area contributed by atoms with E-state index in [1.165, 1.54) is 24.3 Å². The summed E-state index contributed by atoms with van der Waals surface area (Å²) in [6.45, 7) is 5.35. The van der Waals surface area contributed by atoms with Crippen molar-refractivity contribution < 1.29 is 14.0 Å². The second-order valence-electron chi connectivity index (χ2n) is 7.65. The van der Waals surface area contributed by atoms with Gasteiger partial charge in [-0.1, -0.05) is 19.9 Å². The summed E-state index contributed by atoms with van der Waals surface area (Å²) in [6, 6.07) is 12.2. The fourth-order valence-corrected chi connectivity index (χ4v) is 3.26. The maximum atomic E-state index is 13.0. The summed E-state index contributed by atoms with van der Waals surface area (Å²) in [5.74, 6) is -0.833. The van der Waals surface area contributed by atoms with Gasteiger partial charge in [0, 0.05) is 35.9 Å². The molecule has 1 fully saturated rings. The van der Waals surface area contributed by atoms with E-state index in [1.54, 1.807) is 24.3 Å². The summed E-state index contributed by atoms with van der Waals surface area (Å²) >= 11 is 0. The van der Waals surface area contributed by atoms with Crippen LogP contribution in [-0.4, -0.2) is 35.8 Å². The minimum Gasteiger partial charge on any atom is -0.338 e. The van der Waals surface area contributed by atoms with Crippen LogP contribution in [0.3, 0.4) is 0 Å². The monoisotopic (exact) mass is 405 g/mol. The molecule has 0 aliphatic carbocycles. The Labute approximate surface area is 170 Å². The number of nitrogens with one attached hydrogen (secondary N) is 1. The number of rotatable bonds is 3. The molecular weight excluding hydrogens is 381 g/mol. The third-order valence-electron chi connectivity index (χ3n) is 5.07. The standard InChI is InChI=1S/C21H24FN3O2.ClH/c1-21(2)13-25(11-10-18(21)23)20(27)15-4-3-5-17(12-15)24-19(26)14-6-8-16(22)9-7-14;/h3-9,12,18H,10-11,13,23H2,1-2H3,(H,24,26);1H. The van der Waals surface area contributed by atoms with Gasteiger partial charge >= 0.3 is 0 Å². The van der Waals surface area contributed by atoms with E-state index in [-0.39, 0.29) is 35.7 Å². The molecule has 1 aliphatic rings. The number of amides is 2. The van der Waals surface area contributed by atoms with Crippen molar-refractivity contribution in [3.05, 3.63) is 65.5 Å². The van der Waals surface area contributed by atoms with Gasteiger partial charge in [0.2, 0.25) is 0 Å². The maximum Gasteiger partial charge on any atom is 0.255 e. The zero-order chi connectivity index (χ0) is 19.6. The van der Waals surface area contributed by atoms with Crippen molar-refractivity contribution in [2.45, 2.75) is 26.3 Å². The van der Waals surface area contributed by atoms with Crippen LogP contribution in [0.4, 0.5) is 10.1 Å². The summed E-state index contributed by atoms with van der Waals surface area (Å²) in [6.07, 6.45) is 0.764. The van der Waals surface area contributed by atoms with Crippen molar-refractivity contribution in [2.24, 2.45) is 11.1 Å². The van der Waals surface area contributed by atoms with E-state index in [0.717, 1.165) is 6.42 Å². The number of hydrogen-bond acceptors (Lipinski definition) is 3. The number of anilines is 1. The summed E-state index contributed by atoms with van der Waals surface area (Å²) in [5, 5.41) is 2.75. The van der Waals surface area contributed by atoms with Crippen LogP contribution in [0.15, 0.2) is 48.5 Å². The summed E-state index contributed by atoms with van der Waals surface area (Å²) in [5.41, 5.74) is 7.39. The molecule has 2 amide bonds. The Morgan fingerprint density at radius 3 is 2.46 bits per heavy atom. The number of nitrogens with zero attached hydrogens (tertiary/aromatic N) is 1. The van der Waals surface area contributed by atoms with Gasteiger partial charge in [0.1, 0.15) is 5.82 Å². The van der Waals surface area contributed by atoms with Crippen LogP contribution in [-0.2, 0) is 0 Å². The maximum absolute atomic E-state index is 13.0. The predicted octanol–water partition coefficient (Wildman–Crippen LogP) is 3.70. The first kappa shape index (κ1) is 21.9. The highest BCUT2D eigenvalue weighted by Gasteiger charge is 2.35. The van der Waals surface area contributed by atoms with Crippen molar-refractivity contribution in [1.82, 2.24) is 4.90 Å². The Balaban J connectivity index is 0.00000280. The lowest BCUT2D eigenvalue weighted by molar-refractivity contribution is 0.0533. The Bertz CT molecular complexity index is 855. The van der Waals surface area contributed by atoms with Crippen LogP contribution in [0.1, 0.15) is 41.0 Å². The molecule has 1 saturated heterocycles. The fourth-order valence-electron chi connectivity index (χ4n) is 3.26. The third kappa shape index (κ3) is 4.88. The number of carbonyl (C=O) groups is 2. The summed E-state index contributed by atoms with van der Waals surface area (Å²) in [4.78, 5) is 27.0. The molecule has 1 unspecified atom stereocenters. The molecule has 150 valence electrons. The van der Waals surface area contributed by atoms with Crippen LogP contribution in [0.5, 0.6) is 0 Å². The molecule has 0 aromatic heterocycles. The van der Waals surface area contributed by atoms with Crippen LogP contribution in [0.2, 0.25) is 0 Å². The molecule has 0 spiro atoms. The van der Waals surface area contributed by atoms with E-state index >= 15 is 0 Å². The first-order valence-electron chi connectivity index (χ1n) is 8.98.